The predicted octanol–water partition coefficient (Wildman–Crippen LogP) is 4.32. The van der Waals surface area contributed by atoms with Gasteiger partial charge in [-0.15, -0.1) is 0 Å². The fourth-order valence-corrected chi connectivity index (χ4v) is 2.96. The highest BCUT2D eigenvalue weighted by Crippen LogP contribution is 2.60. The molecule has 0 heterocycles. The van der Waals surface area contributed by atoms with E-state index in [9.17, 15) is 4.39 Å². The zero-order chi connectivity index (χ0) is 12.8. The molecule has 98 valence electrons. The third-order valence-electron chi connectivity index (χ3n) is 4.54. The van der Waals surface area contributed by atoms with Crippen LogP contribution in [0.15, 0.2) is 18.2 Å². The summed E-state index contributed by atoms with van der Waals surface area (Å²) in [6.07, 6.45) is 5.55. The van der Waals surface area contributed by atoms with E-state index < -0.39 is 0 Å². The number of halogens is 2. The van der Waals surface area contributed by atoms with Gasteiger partial charge in [-0.3, -0.25) is 0 Å². The molecular weight excluding hydrogens is 249 g/mol. The number of nitrogens with one attached hydrogen (secondary N) is 1. The number of hydrogen-bond donors (Lipinski definition) is 1. The molecule has 1 nitrogen and oxygen atoms in total. The lowest BCUT2D eigenvalue weighted by atomic mass is 9.99. The maximum absolute atomic E-state index is 13.4. The Labute approximate surface area is 113 Å². The summed E-state index contributed by atoms with van der Waals surface area (Å²) >= 11 is 5.70. The lowest BCUT2D eigenvalue weighted by Crippen LogP contribution is -2.28. The van der Waals surface area contributed by atoms with E-state index in [1.165, 1.54) is 31.7 Å². The molecule has 0 aromatic heterocycles. The van der Waals surface area contributed by atoms with Crippen LogP contribution in [0.5, 0.6) is 0 Å². The Bertz CT molecular complexity index is 452. The molecule has 2 saturated carbocycles. The lowest BCUT2D eigenvalue weighted by molar-refractivity contribution is 0.381. The van der Waals surface area contributed by atoms with Gasteiger partial charge in [0, 0.05) is 12.6 Å². The second-order valence-electron chi connectivity index (χ2n) is 5.91. The Morgan fingerprint density at radius 3 is 2.72 bits per heavy atom. The molecular formula is C15H19ClFN. The molecule has 3 heteroatoms. The van der Waals surface area contributed by atoms with E-state index >= 15 is 0 Å². The first-order valence-corrected chi connectivity index (χ1v) is 7.17. The molecule has 2 fully saturated rings. The minimum absolute atomic E-state index is 0.188. The van der Waals surface area contributed by atoms with E-state index in [0.29, 0.717) is 5.41 Å². The van der Waals surface area contributed by atoms with Gasteiger partial charge in [-0.1, -0.05) is 17.7 Å². The maximum Gasteiger partial charge on any atom is 0.142 e. The van der Waals surface area contributed by atoms with Crippen LogP contribution < -0.4 is 5.32 Å². The van der Waals surface area contributed by atoms with Crippen LogP contribution in [0.25, 0.3) is 0 Å². The zero-order valence-electron chi connectivity index (χ0n) is 10.7. The minimum atomic E-state index is -0.328. The molecule has 0 amide bonds. The number of hydrogen-bond acceptors (Lipinski definition) is 1. The van der Waals surface area contributed by atoms with Crippen LogP contribution in [0.4, 0.5) is 4.39 Å². The molecule has 1 aromatic carbocycles. The fourth-order valence-electron chi connectivity index (χ4n) is 2.84. The summed E-state index contributed by atoms with van der Waals surface area (Å²) in [6.45, 7) is 3.16. The summed E-state index contributed by atoms with van der Waals surface area (Å²) in [7, 11) is 0. The van der Waals surface area contributed by atoms with E-state index in [0.717, 1.165) is 18.0 Å². The Balaban J connectivity index is 1.60. The van der Waals surface area contributed by atoms with E-state index in [1.807, 2.05) is 6.07 Å². The summed E-state index contributed by atoms with van der Waals surface area (Å²) in [5.41, 5.74) is 1.56. The summed E-state index contributed by atoms with van der Waals surface area (Å²) in [4.78, 5) is 0. The summed E-state index contributed by atoms with van der Waals surface area (Å²) < 4.78 is 13.4. The highest BCUT2D eigenvalue weighted by atomic mass is 35.5. The second kappa shape index (κ2) is 4.50. The van der Waals surface area contributed by atoms with Gasteiger partial charge < -0.3 is 5.32 Å². The van der Waals surface area contributed by atoms with E-state index in [1.54, 1.807) is 6.07 Å². The molecule has 1 unspecified atom stereocenters. The fraction of sp³-hybridized carbons (Fsp3) is 0.600. The predicted molar refractivity (Wildman–Crippen MR) is 72.2 cm³/mol. The molecule has 0 radical (unpaired) electrons. The monoisotopic (exact) mass is 267 g/mol. The Kier molecular flexibility index (Phi) is 3.11. The molecule has 18 heavy (non-hydrogen) atoms. The van der Waals surface area contributed by atoms with Crippen molar-refractivity contribution in [1.29, 1.82) is 0 Å². The Morgan fingerprint density at radius 2 is 2.17 bits per heavy atom. The van der Waals surface area contributed by atoms with Crippen LogP contribution in [-0.4, -0.2) is 6.54 Å². The second-order valence-corrected chi connectivity index (χ2v) is 6.32. The highest BCUT2D eigenvalue weighted by molar-refractivity contribution is 6.30. The molecule has 1 atom stereocenters. The molecule has 2 aliphatic carbocycles. The van der Waals surface area contributed by atoms with Crippen molar-refractivity contribution in [3.8, 4) is 0 Å². The average molecular weight is 268 g/mol. The van der Waals surface area contributed by atoms with Gasteiger partial charge in [0.05, 0.1) is 5.02 Å². The van der Waals surface area contributed by atoms with Crippen LogP contribution in [0.1, 0.15) is 44.2 Å². The van der Waals surface area contributed by atoms with Crippen LogP contribution >= 0.6 is 11.6 Å². The van der Waals surface area contributed by atoms with Crippen molar-refractivity contribution in [3.63, 3.8) is 0 Å². The maximum atomic E-state index is 13.4. The van der Waals surface area contributed by atoms with Gasteiger partial charge in [-0.05, 0) is 61.6 Å². The summed E-state index contributed by atoms with van der Waals surface area (Å²) in [5.74, 6) is 0.630. The first kappa shape index (κ1) is 12.4. The average Bonchev–Trinajstić information content (AvgIpc) is 3.22. The van der Waals surface area contributed by atoms with E-state index in [4.69, 9.17) is 11.6 Å². The summed E-state index contributed by atoms with van der Waals surface area (Å²) in [5, 5.41) is 3.76. The first-order chi connectivity index (χ1) is 8.61. The third-order valence-corrected chi connectivity index (χ3v) is 4.85. The molecule has 3 rings (SSSR count). The van der Waals surface area contributed by atoms with Crippen molar-refractivity contribution >= 4 is 11.6 Å². The van der Waals surface area contributed by atoms with Crippen molar-refractivity contribution in [1.82, 2.24) is 5.32 Å². The molecule has 0 saturated heterocycles. The van der Waals surface area contributed by atoms with Crippen LogP contribution in [0.2, 0.25) is 5.02 Å². The molecule has 0 bridgehead atoms. The zero-order valence-corrected chi connectivity index (χ0v) is 11.4. The molecule has 0 spiro atoms. The van der Waals surface area contributed by atoms with E-state index in [2.05, 4.69) is 12.2 Å². The van der Waals surface area contributed by atoms with Gasteiger partial charge >= 0.3 is 0 Å². The van der Waals surface area contributed by atoms with Crippen LogP contribution in [-0.2, 0) is 0 Å². The van der Waals surface area contributed by atoms with Crippen LogP contribution in [0, 0.1) is 17.2 Å². The van der Waals surface area contributed by atoms with Gasteiger partial charge in [-0.25, -0.2) is 4.39 Å². The Hall–Kier alpha value is -0.600. The highest BCUT2D eigenvalue weighted by Gasteiger charge is 2.53. The van der Waals surface area contributed by atoms with Crippen molar-refractivity contribution < 1.29 is 4.39 Å². The summed E-state index contributed by atoms with van der Waals surface area (Å²) in [6, 6.07) is 5.27. The number of benzene rings is 1. The normalized spacial score (nSPS) is 22.8. The largest absolute Gasteiger partial charge is 0.310 e. The van der Waals surface area contributed by atoms with Gasteiger partial charge in [0.15, 0.2) is 0 Å². The first-order valence-electron chi connectivity index (χ1n) is 6.79. The SMILES string of the molecule is CC(NCC1(C2CC2)CC1)c1ccc(Cl)c(F)c1. The minimum Gasteiger partial charge on any atom is -0.310 e. The quantitative estimate of drug-likeness (QED) is 0.838. The van der Waals surface area contributed by atoms with E-state index in [-0.39, 0.29) is 16.9 Å². The standard InChI is InChI=1S/C15H19ClFN/c1-10(11-2-5-13(16)14(17)8-11)18-9-15(6-7-15)12-3-4-12/h2,5,8,10,12,18H,3-4,6-7,9H2,1H3. The lowest BCUT2D eigenvalue weighted by Gasteiger charge is -2.20. The molecule has 1 N–H and O–H groups in total. The van der Waals surface area contributed by atoms with Crippen molar-refractivity contribution in [2.45, 2.75) is 38.6 Å². The third kappa shape index (κ3) is 2.41. The van der Waals surface area contributed by atoms with Crippen molar-refractivity contribution in [3.05, 3.63) is 34.6 Å². The Morgan fingerprint density at radius 1 is 1.44 bits per heavy atom. The molecule has 2 aliphatic rings. The van der Waals surface area contributed by atoms with Gasteiger partial charge in [-0.2, -0.15) is 0 Å². The van der Waals surface area contributed by atoms with Crippen molar-refractivity contribution in [2.24, 2.45) is 11.3 Å². The smallest absolute Gasteiger partial charge is 0.142 e. The van der Waals surface area contributed by atoms with Gasteiger partial charge in [0.25, 0.3) is 0 Å². The van der Waals surface area contributed by atoms with Crippen LogP contribution in [0.3, 0.4) is 0 Å². The number of rotatable bonds is 5. The van der Waals surface area contributed by atoms with Crippen molar-refractivity contribution in [2.75, 3.05) is 6.54 Å². The van der Waals surface area contributed by atoms with Gasteiger partial charge in [0.2, 0.25) is 0 Å². The topological polar surface area (TPSA) is 12.0 Å². The van der Waals surface area contributed by atoms with Gasteiger partial charge in [0.1, 0.15) is 5.82 Å². The molecule has 1 aromatic rings. The molecule has 0 aliphatic heterocycles.